The molecule has 2 N–H and O–H groups in total. The smallest absolute Gasteiger partial charge is 0.342 e. The van der Waals surface area contributed by atoms with Gasteiger partial charge in [-0.05, 0) is 30.4 Å². The second kappa shape index (κ2) is 10.1. The number of hydrogen-bond donors (Lipinski definition) is 2. The summed E-state index contributed by atoms with van der Waals surface area (Å²) in [5.41, 5.74) is -0.627. The van der Waals surface area contributed by atoms with Crippen molar-refractivity contribution in [1.29, 1.82) is 0 Å². The zero-order valence-corrected chi connectivity index (χ0v) is 19.9. The molecule has 1 saturated heterocycles. The van der Waals surface area contributed by atoms with Crippen LogP contribution in [-0.2, 0) is 22.2 Å². The predicted molar refractivity (Wildman–Crippen MR) is 123 cm³/mol. The van der Waals surface area contributed by atoms with Gasteiger partial charge in [0.2, 0.25) is 17.8 Å². The molecule has 0 bridgehead atoms. The average molecular weight is 534 g/mol. The van der Waals surface area contributed by atoms with E-state index in [2.05, 4.69) is 25.7 Å². The molecule has 1 aliphatic heterocycles. The molecule has 0 spiro atoms. The van der Waals surface area contributed by atoms with E-state index in [0.717, 1.165) is 17.7 Å². The van der Waals surface area contributed by atoms with Gasteiger partial charge in [-0.2, -0.15) is 17.6 Å². The number of pyridine rings is 1. The zero-order valence-electron chi connectivity index (χ0n) is 19.9. The predicted octanol–water partition coefficient (Wildman–Crippen LogP) is 3.62. The first-order chi connectivity index (χ1) is 18.1. The van der Waals surface area contributed by atoms with Crippen LogP contribution in [0.4, 0.5) is 22.0 Å². The number of alkyl halides is 4. The molecule has 13 heteroatoms. The summed E-state index contributed by atoms with van der Waals surface area (Å²) in [6.07, 6.45) is -5.77. The molecule has 1 aliphatic carbocycles. The number of nitrogens with zero attached hydrogens (tertiary/aromatic N) is 4. The standard InChI is InChI=1S/C25H23F5N6O2/c26-15-10-19(36(12-15)20(37)11-18-22(25(28,29)30)34-35-33-18)24(38)32-21(14-4-2-1-3-5-14)17-9-8-16(13-6-7-13)23(27)31-17/h1-5,8-9,13,15,19,21H,6-7,10-12H2,(H,32,38)(H,33,34,35). The summed E-state index contributed by atoms with van der Waals surface area (Å²) in [6, 6.07) is 9.69. The number of carbonyl (C=O) groups is 2. The summed E-state index contributed by atoms with van der Waals surface area (Å²) in [7, 11) is 0. The molecule has 200 valence electrons. The summed E-state index contributed by atoms with van der Waals surface area (Å²) in [5.74, 6) is -2.13. The van der Waals surface area contributed by atoms with Gasteiger partial charge in [-0.1, -0.05) is 41.6 Å². The SMILES string of the molecule is O=C(NC(c1ccccc1)c1ccc(C2CC2)c(F)n1)C1CC(F)CN1C(=O)Cc1[nH]nnc1C(F)(F)F. The van der Waals surface area contributed by atoms with E-state index in [9.17, 15) is 31.5 Å². The quantitative estimate of drug-likeness (QED) is 0.356. The molecule has 3 aromatic rings. The number of rotatable bonds is 7. The van der Waals surface area contributed by atoms with Crippen LogP contribution in [0.2, 0.25) is 0 Å². The Morgan fingerprint density at radius 3 is 2.53 bits per heavy atom. The van der Waals surface area contributed by atoms with Crippen LogP contribution in [0.3, 0.4) is 0 Å². The number of carbonyl (C=O) groups excluding carboxylic acids is 2. The van der Waals surface area contributed by atoms with Crippen molar-refractivity contribution in [2.24, 2.45) is 0 Å². The van der Waals surface area contributed by atoms with Gasteiger partial charge in [0.15, 0.2) is 5.69 Å². The summed E-state index contributed by atoms with van der Waals surface area (Å²) >= 11 is 0. The summed E-state index contributed by atoms with van der Waals surface area (Å²) in [4.78, 5) is 31.3. The highest BCUT2D eigenvalue weighted by Gasteiger charge is 2.43. The van der Waals surface area contributed by atoms with Crippen molar-refractivity contribution in [2.75, 3.05) is 6.54 Å². The fourth-order valence-corrected chi connectivity index (χ4v) is 4.69. The lowest BCUT2D eigenvalue weighted by Crippen LogP contribution is -2.47. The Balaban J connectivity index is 1.37. The highest BCUT2D eigenvalue weighted by atomic mass is 19.4. The fraction of sp³-hybridized carbons (Fsp3) is 0.400. The normalized spacial score (nSPS) is 20.4. The van der Waals surface area contributed by atoms with Crippen LogP contribution in [0.5, 0.6) is 0 Å². The van der Waals surface area contributed by atoms with E-state index in [0.29, 0.717) is 11.1 Å². The maximum atomic E-state index is 14.8. The number of aromatic nitrogens is 4. The molecule has 0 radical (unpaired) electrons. The van der Waals surface area contributed by atoms with Crippen molar-refractivity contribution in [3.63, 3.8) is 0 Å². The van der Waals surface area contributed by atoms with E-state index in [1.807, 2.05) is 0 Å². The molecule has 3 atom stereocenters. The Bertz CT molecular complexity index is 1330. The molecule has 2 aromatic heterocycles. The minimum Gasteiger partial charge on any atom is -0.342 e. The first-order valence-electron chi connectivity index (χ1n) is 12.0. The first kappa shape index (κ1) is 25.7. The number of amides is 2. The van der Waals surface area contributed by atoms with Crippen molar-refractivity contribution in [3.8, 4) is 0 Å². The monoisotopic (exact) mass is 534 g/mol. The molecule has 5 rings (SSSR count). The van der Waals surface area contributed by atoms with Gasteiger partial charge >= 0.3 is 6.18 Å². The minimum absolute atomic E-state index is 0.129. The fourth-order valence-electron chi connectivity index (χ4n) is 4.69. The molecule has 2 fully saturated rings. The Morgan fingerprint density at radius 1 is 1.13 bits per heavy atom. The van der Waals surface area contributed by atoms with E-state index in [1.165, 1.54) is 0 Å². The zero-order chi connectivity index (χ0) is 27.0. The van der Waals surface area contributed by atoms with Crippen molar-refractivity contribution >= 4 is 11.8 Å². The van der Waals surface area contributed by atoms with Gasteiger partial charge in [-0.25, -0.2) is 9.37 Å². The lowest BCUT2D eigenvalue weighted by molar-refractivity contribution is -0.143. The maximum absolute atomic E-state index is 14.8. The number of benzene rings is 1. The lowest BCUT2D eigenvalue weighted by Gasteiger charge is -2.26. The van der Waals surface area contributed by atoms with Gasteiger partial charge < -0.3 is 10.2 Å². The van der Waals surface area contributed by atoms with E-state index in [4.69, 9.17) is 0 Å². The van der Waals surface area contributed by atoms with Crippen LogP contribution in [0.1, 0.15) is 59.4 Å². The van der Waals surface area contributed by atoms with Crippen LogP contribution in [-0.4, -0.2) is 55.9 Å². The molecule has 1 aromatic carbocycles. The van der Waals surface area contributed by atoms with Crippen molar-refractivity contribution in [2.45, 2.75) is 56.0 Å². The largest absolute Gasteiger partial charge is 0.437 e. The van der Waals surface area contributed by atoms with Crippen LogP contribution in [0.15, 0.2) is 42.5 Å². The van der Waals surface area contributed by atoms with Crippen LogP contribution < -0.4 is 5.32 Å². The summed E-state index contributed by atoms with van der Waals surface area (Å²) in [6.45, 7) is -0.460. The maximum Gasteiger partial charge on any atom is 0.437 e. The van der Waals surface area contributed by atoms with E-state index in [-0.39, 0.29) is 18.0 Å². The van der Waals surface area contributed by atoms with Crippen LogP contribution in [0.25, 0.3) is 0 Å². The van der Waals surface area contributed by atoms with E-state index < -0.39 is 66.5 Å². The molecule has 3 unspecified atom stereocenters. The minimum atomic E-state index is -4.84. The Kier molecular flexibility index (Phi) is 6.84. The molecule has 8 nitrogen and oxygen atoms in total. The summed E-state index contributed by atoms with van der Waals surface area (Å²) in [5, 5.41) is 10.9. The molecule has 2 amide bonds. The third kappa shape index (κ3) is 5.36. The molecule has 1 saturated carbocycles. The van der Waals surface area contributed by atoms with E-state index >= 15 is 0 Å². The first-order valence-corrected chi connectivity index (χ1v) is 12.0. The third-order valence-electron chi connectivity index (χ3n) is 6.72. The van der Waals surface area contributed by atoms with Gasteiger partial charge in [0.1, 0.15) is 12.2 Å². The Labute approximate surface area is 213 Å². The number of H-pyrrole nitrogens is 1. The van der Waals surface area contributed by atoms with Crippen LogP contribution in [0, 0.1) is 5.95 Å². The number of halogens is 5. The molecule has 38 heavy (non-hydrogen) atoms. The Hall–Kier alpha value is -3.90. The molecule has 3 heterocycles. The molecular weight excluding hydrogens is 511 g/mol. The highest BCUT2D eigenvalue weighted by molar-refractivity contribution is 5.89. The van der Waals surface area contributed by atoms with Gasteiger partial charge in [0, 0.05) is 12.0 Å². The number of aromatic amines is 1. The molecular formula is C25H23F5N6O2. The van der Waals surface area contributed by atoms with Crippen molar-refractivity contribution in [1.82, 2.24) is 30.6 Å². The van der Waals surface area contributed by atoms with Crippen molar-refractivity contribution in [3.05, 3.63) is 76.6 Å². The Morgan fingerprint density at radius 2 is 1.87 bits per heavy atom. The number of likely N-dealkylation sites (tertiary alicyclic amines) is 1. The van der Waals surface area contributed by atoms with Gasteiger partial charge in [0.05, 0.1) is 30.4 Å². The van der Waals surface area contributed by atoms with Gasteiger partial charge in [-0.3, -0.25) is 14.7 Å². The topological polar surface area (TPSA) is 104 Å². The average Bonchev–Trinajstić information content (AvgIpc) is 3.46. The number of hydrogen-bond acceptors (Lipinski definition) is 5. The van der Waals surface area contributed by atoms with Crippen LogP contribution >= 0.6 is 0 Å². The second-order valence-corrected chi connectivity index (χ2v) is 9.45. The lowest BCUT2D eigenvalue weighted by atomic mass is 10.0. The van der Waals surface area contributed by atoms with Crippen molar-refractivity contribution < 1.29 is 31.5 Å². The van der Waals surface area contributed by atoms with Gasteiger partial charge in [-0.15, -0.1) is 5.10 Å². The number of nitrogens with one attached hydrogen (secondary N) is 2. The highest BCUT2D eigenvalue weighted by Crippen LogP contribution is 2.41. The molecule has 2 aliphatic rings. The third-order valence-corrected chi connectivity index (χ3v) is 6.72. The second-order valence-electron chi connectivity index (χ2n) is 9.45. The summed E-state index contributed by atoms with van der Waals surface area (Å²) < 4.78 is 68.6. The van der Waals surface area contributed by atoms with E-state index in [1.54, 1.807) is 42.5 Å². The van der Waals surface area contributed by atoms with Gasteiger partial charge in [0.25, 0.3) is 0 Å².